The number of aromatic hydroxyl groups is 1. The van der Waals surface area contributed by atoms with Crippen molar-refractivity contribution in [1.29, 1.82) is 0 Å². The number of phenols is 1. The monoisotopic (exact) mass is 581 g/mol. The van der Waals surface area contributed by atoms with E-state index in [1.165, 1.54) is 27.0 Å². The highest BCUT2D eigenvalue weighted by Crippen LogP contribution is 2.51. The van der Waals surface area contributed by atoms with Crippen molar-refractivity contribution >= 4 is 23.1 Å². The van der Waals surface area contributed by atoms with Crippen LogP contribution < -0.4 is 5.56 Å². The fourth-order valence-corrected chi connectivity index (χ4v) is 8.51. The largest absolute Gasteiger partial charge is 0.507 e. The number of aryl methyl sites for hydroxylation is 2. The van der Waals surface area contributed by atoms with E-state index < -0.39 is 23.2 Å². The molecule has 1 aliphatic rings. The Morgan fingerprint density at radius 1 is 1.15 bits per heavy atom. The molecule has 1 aliphatic heterocycles. The van der Waals surface area contributed by atoms with E-state index in [1.807, 2.05) is 6.92 Å². The summed E-state index contributed by atoms with van der Waals surface area (Å²) in [6.45, 7) is 8.29. The molecule has 2 N–H and O–H groups in total. The normalized spacial score (nSPS) is 15.8. The molecule has 12 nitrogen and oxygen atoms in total. The van der Waals surface area contributed by atoms with Gasteiger partial charge in [0, 0.05) is 19.5 Å². The van der Waals surface area contributed by atoms with Gasteiger partial charge in [0.15, 0.2) is 11.3 Å². The number of hydrogen-bond acceptors (Lipinski definition) is 9. The number of sulfonamides is 1. The van der Waals surface area contributed by atoms with Gasteiger partial charge < -0.3 is 19.1 Å². The number of rotatable bonds is 11. The lowest BCUT2D eigenvalue weighted by atomic mass is 10.0. The molecule has 14 heteroatoms. The Morgan fingerprint density at radius 3 is 2.44 bits per heavy atom. The molecular weight excluding hydrogens is 545 g/mol. The number of aromatic amines is 1. The van der Waals surface area contributed by atoms with Crippen molar-refractivity contribution in [3.63, 3.8) is 0 Å². The van der Waals surface area contributed by atoms with Crippen LogP contribution in [0.25, 0.3) is 16.9 Å². The van der Waals surface area contributed by atoms with Gasteiger partial charge in [-0.1, -0.05) is 6.92 Å². The van der Waals surface area contributed by atoms with E-state index in [1.54, 1.807) is 20.8 Å². The van der Waals surface area contributed by atoms with Crippen molar-refractivity contribution in [3.8, 4) is 17.1 Å². The zero-order valence-corrected chi connectivity index (χ0v) is 24.4. The Hall–Kier alpha value is -2.57. The molecule has 0 radical (unpaired) electrons. The van der Waals surface area contributed by atoms with Crippen molar-refractivity contribution in [2.75, 3.05) is 32.5 Å². The molecule has 1 saturated heterocycles. The van der Waals surface area contributed by atoms with Gasteiger partial charge in [0.05, 0.1) is 35.5 Å². The Bertz CT molecular complexity index is 1530. The number of imidazole rings is 1. The Labute approximate surface area is 228 Å². The van der Waals surface area contributed by atoms with E-state index in [0.29, 0.717) is 36.3 Å². The van der Waals surface area contributed by atoms with Crippen LogP contribution >= 0.6 is 7.60 Å². The maximum Gasteiger partial charge on any atom is 0.330 e. The van der Waals surface area contributed by atoms with E-state index >= 15 is 0 Å². The number of aromatic nitrogens is 4. The molecule has 0 aliphatic carbocycles. The second-order valence-corrected chi connectivity index (χ2v) is 13.6. The standard InChI is InChI=1S/C25H36N5O7PS/c1-5-8-22-26-17(4)23-25(32)27-24(28-30(22)23)20-15-19(9-10-21(20)31)39(34,35)29-13-11-18(12-14-29)16-38(33,36-6-2)37-7-3/h9-10,15,18,31H,5-8,11-14,16H2,1-4H3,(H,27,28,32). The summed E-state index contributed by atoms with van der Waals surface area (Å²) in [5, 5.41) is 15.1. The van der Waals surface area contributed by atoms with E-state index in [2.05, 4.69) is 15.1 Å². The molecule has 0 atom stereocenters. The fraction of sp³-hybridized carbons (Fsp3) is 0.560. The first-order valence-corrected chi connectivity index (χ1v) is 16.4. The molecule has 1 fully saturated rings. The number of nitrogens with one attached hydrogen (secondary N) is 1. The SMILES string of the molecule is CCCc1nc(C)c2c(=O)[nH]c(-c3cc(S(=O)(=O)N4CCC(CP(=O)(OCC)OCC)CC4)ccc3O)nn12. The Balaban J connectivity index is 1.59. The fourth-order valence-electron chi connectivity index (χ4n) is 4.94. The second-order valence-electron chi connectivity index (χ2n) is 9.58. The summed E-state index contributed by atoms with van der Waals surface area (Å²) in [6.07, 6.45) is 2.68. The van der Waals surface area contributed by atoms with Crippen molar-refractivity contribution in [2.24, 2.45) is 5.92 Å². The van der Waals surface area contributed by atoms with Gasteiger partial charge in [-0.15, -0.1) is 5.10 Å². The molecule has 0 spiro atoms. The molecule has 3 heterocycles. The molecular formula is C25H36N5O7PS. The van der Waals surface area contributed by atoms with E-state index in [0.717, 1.165) is 6.42 Å². The third-order valence-electron chi connectivity index (χ3n) is 6.78. The van der Waals surface area contributed by atoms with Crippen LogP contribution in [0.15, 0.2) is 27.9 Å². The summed E-state index contributed by atoms with van der Waals surface area (Å²) in [6, 6.07) is 3.94. The van der Waals surface area contributed by atoms with Crippen LogP contribution in [-0.4, -0.2) is 69.9 Å². The molecule has 1 aromatic carbocycles. The Kier molecular flexibility index (Phi) is 8.97. The predicted octanol–water partition coefficient (Wildman–Crippen LogP) is 3.72. The molecule has 0 amide bonds. The average Bonchev–Trinajstić information content (AvgIpc) is 3.20. The lowest BCUT2D eigenvalue weighted by Crippen LogP contribution is -2.39. The number of nitrogens with zero attached hydrogens (tertiary/aromatic N) is 4. The van der Waals surface area contributed by atoms with Gasteiger partial charge in [-0.25, -0.2) is 17.9 Å². The number of H-pyrrole nitrogens is 1. The summed E-state index contributed by atoms with van der Waals surface area (Å²) < 4.78 is 53.6. The van der Waals surface area contributed by atoms with Gasteiger partial charge >= 0.3 is 7.60 Å². The van der Waals surface area contributed by atoms with Crippen LogP contribution in [0.3, 0.4) is 0 Å². The van der Waals surface area contributed by atoms with Gasteiger partial charge in [-0.2, -0.15) is 4.31 Å². The van der Waals surface area contributed by atoms with E-state index in [-0.39, 0.29) is 60.4 Å². The molecule has 3 aromatic rings. The van der Waals surface area contributed by atoms with Crippen LogP contribution in [0.5, 0.6) is 5.75 Å². The highest BCUT2D eigenvalue weighted by Gasteiger charge is 2.34. The van der Waals surface area contributed by atoms with Crippen molar-refractivity contribution in [2.45, 2.75) is 58.3 Å². The minimum absolute atomic E-state index is 0.00715. The molecule has 39 heavy (non-hydrogen) atoms. The van der Waals surface area contributed by atoms with E-state index in [4.69, 9.17) is 9.05 Å². The maximum atomic E-state index is 13.5. The van der Waals surface area contributed by atoms with Gasteiger partial charge in [-0.05, 0) is 64.2 Å². The Morgan fingerprint density at radius 2 is 1.82 bits per heavy atom. The maximum absolute atomic E-state index is 13.5. The first kappa shape index (κ1) is 29.4. The van der Waals surface area contributed by atoms with Crippen LogP contribution in [0, 0.1) is 12.8 Å². The van der Waals surface area contributed by atoms with Gasteiger partial charge in [0.1, 0.15) is 11.6 Å². The molecule has 2 aromatic heterocycles. The third-order valence-corrected chi connectivity index (χ3v) is 10.9. The summed E-state index contributed by atoms with van der Waals surface area (Å²) >= 11 is 0. The quantitative estimate of drug-likeness (QED) is 0.322. The summed E-state index contributed by atoms with van der Waals surface area (Å²) in [7, 11) is -7.13. The van der Waals surface area contributed by atoms with E-state index in [9.17, 15) is 22.9 Å². The van der Waals surface area contributed by atoms with Crippen LogP contribution in [0.4, 0.5) is 0 Å². The zero-order valence-electron chi connectivity index (χ0n) is 22.7. The number of phenolic OH excluding ortho intramolecular Hbond substituents is 1. The lowest BCUT2D eigenvalue weighted by molar-refractivity contribution is 0.207. The highest BCUT2D eigenvalue weighted by atomic mass is 32.2. The smallest absolute Gasteiger partial charge is 0.330 e. The molecule has 0 unspecified atom stereocenters. The average molecular weight is 582 g/mol. The molecule has 4 rings (SSSR count). The van der Waals surface area contributed by atoms with Gasteiger partial charge in [0.2, 0.25) is 10.0 Å². The van der Waals surface area contributed by atoms with Gasteiger partial charge in [-0.3, -0.25) is 9.36 Å². The molecule has 0 bridgehead atoms. The summed E-state index contributed by atoms with van der Waals surface area (Å²) in [5.41, 5.74) is 0.514. The lowest BCUT2D eigenvalue weighted by Gasteiger charge is -2.32. The predicted molar refractivity (Wildman–Crippen MR) is 147 cm³/mol. The zero-order chi connectivity index (χ0) is 28.4. The summed E-state index contributed by atoms with van der Waals surface area (Å²) in [5.74, 6) is 0.444. The molecule has 214 valence electrons. The number of fused-ring (bicyclic) bond motifs is 1. The minimum atomic E-state index is -3.91. The minimum Gasteiger partial charge on any atom is -0.507 e. The summed E-state index contributed by atoms with van der Waals surface area (Å²) in [4.78, 5) is 19.9. The van der Waals surface area contributed by atoms with Gasteiger partial charge in [0.25, 0.3) is 5.56 Å². The topological polar surface area (TPSA) is 156 Å². The first-order valence-electron chi connectivity index (χ1n) is 13.2. The van der Waals surface area contributed by atoms with Crippen molar-refractivity contribution < 1.29 is 27.1 Å². The van der Waals surface area contributed by atoms with Crippen LogP contribution in [-0.2, 0) is 30.1 Å². The molecule has 0 saturated carbocycles. The van der Waals surface area contributed by atoms with Crippen molar-refractivity contribution in [1.82, 2.24) is 23.9 Å². The highest BCUT2D eigenvalue weighted by molar-refractivity contribution is 7.89. The second kappa shape index (κ2) is 11.9. The van der Waals surface area contributed by atoms with Crippen LogP contribution in [0.2, 0.25) is 0 Å². The van der Waals surface area contributed by atoms with Crippen molar-refractivity contribution in [3.05, 3.63) is 40.1 Å². The number of piperidine rings is 1. The van der Waals surface area contributed by atoms with Crippen LogP contribution in [0.1, 0.15) is 51.6 Å². The number of benzene rings is 1. The first-order chi connectivity index (χ1) is 18.5. The number of hydrogen-bond donors (Lipinski definition) is 2. The third kappa shape index (κ3) is 6.12.